The van der Waals surface area contributed by atoms with Gasteiger partial charge in [0.25, 0.3) is 0 Å². The van der Waals surface area contributed by atoms with E-state index in [4.69, 9.17) is 16.3 Å². The molecule has 0 saturated carbocycles. The Morgan fingerprint density at radius 3 is 2.92 bits per heavy atom. The van der Waals surface area contributed by atoms with Gasteiger partial charge in [-0.3, -0.25) is 0 Å². The third-order valence-electron chi connectivity index (χ3n) is 3.27. The normalized spacial score (nSPS) is 10.8. The highest BCUT2D eigenvalue weighted by molar-refractivity contribution is 7.99. The van der Waals surface area contributed by atoms with Gasteiger partial charge in [0.1, 0.15) is 16.5 Å². The number of benzene rings is 1. The van der Waals surface area contributed by atoms with Gasteiger partial charge in [-0.25, -0.2) is 14.8 Å². The van der Waals surface area contributed by atoms with Crippen LogP contribution in [0.2, 0.25) is 5.15 Å². The lowest BCUT2D eigenvalue weighted by Crippen LogP contribution is -2.12. The molecule has 0 fully saturated rings. The van der Waals surface area contributed by atoms with Crippen molar-refractivity contribution >= 4 is 46.2 Å². The highest BCUT2D eigenvalue weighted by Gasteiger charge is 2.13. The monoisotopic (exact) mass is 362 g/mol. The first kappa shape index (κ1) is 16.6. The van der Waals surface area contributed by atoms with Crippen LogP contribution < -0.4 is 5.32 Å². The van der Waals surface area contributed by atoms with Gasteiger partial charge in [-0.05, 0) is 24.3 Å². The molecule has 0 amide bonds. The molecule has 24 heavy (non-hydrogen) atoms. The first-order chi connectivity index (χ1) is 11.7. The number of thioether (sulfide) groups is 1. The number of ether oxygens (including phenoxy) is 1. The number of carbonyl (C=O) groups excluding carboxylic acids is 1. The van der Waals surface area contributed by atoms with Gasteiger partial charge in [-0.1, -0.05) is 35.5 Å². The Bertz CT molecular complexity index is 835. The first-order valence-corrected chi connectivity index (χ1v) is 8.60. The number of halogens is 1. The zero-order valence-electron chi connectivity index (χ0n) is 12.9. The van der Waals surface area contributed by atoms with Crippen LogP contribution in [0, 0.1) is 0 Å². The molecule has 2 heterocycles. The zero-order valence-corrected chi connectivity index (χ0v) is 14.4. The second-order valence-corrected chi connectivity index (χ2v) is 6.33. The summed E-state index contributed by atoms with van der Waals surface area (Å²) in [5.41, 5.74) is 2.31. The second-order valence-electron chi connectivity index (χ2n) is 4.86. The largest absolute Gasteiger partial charge is 0.465 e. The Morgan fingerprint density at radius 2 is 2.12 bits per heavy atom. The molecular weight excluding hydrogens is 348 g/mol. The Labute approximate surface area is 148 Å². The van der Waals surface area contributed by atoms with E-state index in [1.165, 1.54) is 7.11 Å². The molecule has 0 atom stereocenters. The fourth-order valence-corrected chi connectivity index (χ4v) is 3.05. The van der Waals surface area contributed by atoms with Gasteiger partial charge in [0, 0.05) is 12.3 Å². The van der Waals surface area contributed by atoms with Crippen LogP contribution in [0.4, 0.5) is 5.82 Å². The molecule has 0 radical (unpaired) electrons. The molecule has 0 bridgehead atoms. The summed E-state index contributed by atoms with van der Waals surface area (Å²) in [4.78, 5) is 23.6. The lowest BCUT2D eigenvalue weighted by atomic mass is 10.2. The molecule has 0 aliphatic heterocycles. The Hall–Kier alpha value is -2.25. The number of anilines is 1. The number of aromatic amines is 1. The average molecular weight is 363 g/mol. The molecule has 3 aromatic rings. The van der Waals surface area contributed by atoms with Gasteiger partial charge in [-0.2, -0.15) is 0 Å². The third-order valence-corrected chi connectivity index (χ3v) is 4.35. The first-order valence-electron chi connectivity index (χ1n) is 7.23. The summed E-state index contributed by atoms with van der Waals surface area (Å²) in [6.45, 7) is 0.596. The van der Waals surface area contributed by atoms with E-state index in [1.807, 2.05) is 24.3 Å². The topological polar surface area (TPSA) is 79.9 Å². The molecule has 0 spiro atoms. The number of para-hydroxylation sites is 2. The highest BCUT2D eigenvalue weighted by atomic mass is 35.5. The lowest BCUT2D eigenvalue weighted by molar-refractivity contribution is 0.0601. The number of nitrogens with zero attached hydrogens (tertiary/aromatic N) is 2. The van der Waals surface area contributed by atoms with Crippen LogP contribution in [0.25, 0.3) is 11.0 Å². The maximum absolute atomic E-state index is 11.7. The van der Waals surface area contributed by atoms with Crippen molar-refractivity contribution < 1.29 is 9.53 Å². The van der Waals surface area contributed by atoms with Crippen LogP contribution in [0.1, 0.15) is 10.4 Å². The number of hydrogen-bond donors (Lipinski definition) is 2. The summed E-state index contributed by atoms with van der Waals surface area (Å²) in [7, 11) is 1.33. The number of esters is 1. The van der Waals surface area contributed by atoms with Crippen molar-refractivity contribution in [3.63, 3.8) is 0 Å². The molecule has 3 rings (SSSR count). The summed E-state index contributed by atoms with van der Waals surface area (Å²) >= 11 is 7.48. The molecule has 0 aliphatic carbocycles. The lowest BCUT2D eigenvalue weighted by Gasteiger charge is -2.09. The van der Waals surface area contributed by atoms with Crippen molar-refractivity contribution in [1.82, 2.24) is 15.0 Å². The van der Waals surface area contributed by atoms with Crippen LogP contribution in [0.5, 0.6) is 0 Å². The van der Waals surface area contributed by atoms with Gasteiger partial charge < -0.3 is 15.0 Å². The number of pyridine rings is 1. The van der Waals surface area contributed by atoms with Crippen molar-refractivity contribution in [3.8, 4) is 0 Å². The minimum Gasteiger partial charge on any atom is -0.465 e. The van der Waals surface area contributed by atoms with Crippen LogP contribution in [0.15, 0.2) is 41.6 Å². The summed E-state index contributed by atoms with van der Waals surface area (Å²) < 4.78 is 4.74. The van der Waals surface area contributed by atoms with E-state index in [1.54, 1.807) is 23.9 Å². The maximum Gasteiger partial charge on any atom is 0.341 e. The quantitative estimate of drug-likeness (QED) is 0.302. The van der Waals surface area contributed by atoms with Gasteiger partial charge in [0.2, 0.25) is 0 Å². The number of hydrogen-bond acceptors (Lipinski definition) is 6. The SMILES string of the molecule is COC(=O)c1ccc(Cl)nc1NCCSc1nc2ccccc2[nH]1. The number of H-pyrrole nitrogens is 1. The fraction of sp³-hybridized carbons (Fsp3) is 0.188. The van der Waals surface area contributed by atoms with Crippen molar-refractivity contribution in [2.75, 3.05) is 24.7 Å². The van der Waals surface area contributed by atoms with Gasteiger partial charge in [0.05, 0.1) is 18.1 Å². The smallest absolute Gasteiger partial charge is 0.341 e. The van der Waals surface area contributed by atoms with Crippen LogP contribution in [-0.4, -0.2) is 40.3 Å². The second kappa shape index (κ2) is 7.55. The summed E-state index contributed by atoms with van der Waals surface area (Å²) in [5, 5.41) is 4.28. The van der Waals surface area contributed by atoms with E-state index in [2.05, 4.69) is 20.3 Å². The minimum atomic E-state index is -0.452. The van der Waals surface area contributed by atoms with E-state index in [9.17, 15) is 4.79 Å². The molecule has 6 nitrogen and oxygen atoms in total. The zero-order chi connectivity index (χ0) is 16.9. The molecule has 2 N–H and O–H groups in total. The molecular formula is C16H15ClN4O2S. The Morgan fingerprint density at radius 1 is 1.29 bits per heavy atom. The van der Waals surface area contributed by atoms with Gasteiger partial charge in [-0.15, -0.1) is 0 Å². The molecule has 2 aromatic heterocycles. The summed E-state index contributed by atoms with van der Waals surface area (Å²) in [6.07, 6.45) is 0. The number of methoxy groups -OCH3 is 1. The predicted molar refractivity (Wildman–Crippen MR) is 95.9 cm³/mol. The number of nitrogens with one attached hydrogen (secondary N) is 2. The van der Waals surface area contributed by atoms with E-state index < -0.39 is 5.97 Å². The fourth-order valence-electron chi connectivity index (χ4n) is 2.16. The standard InChI is InChI=1S/C16H15ClN4O2S/c1-23-15(22)10-6-7-13(17)21-14(10)18-8-9-24-16-19-11-4-2-3-5-12(11)20-16/h2-7H,8-9H2,1H3,(H,18,21)(H,19,20). The van der Waals surface area contributed by atoms with E-state index >= 15 is 0 Å². The van der Waals surface area contributed by atoms with Crippen molar-refractivity contribution in [3.05, 3.63) is 47.1 Å². The molecule has 124 valence electrons. The van der Waals surface area contributed by atoms with Crippen molar-refractivity contribution in [2.45, 2.75) is 5.16 Å². The van der Waals surface area contributed by atoms with Crippen LogP contribution >= 0.6 is 23.4 Å². The van der Waals surface area contributed by atoms with Crippen LogP contribution in [0.3, 0.4) is 0 Å². The van der Waals surface area contributed by atoms with E-state index in [0.717, 1.165) is 21.9 Å². The van der Waals surface area contributed by atoms with Crippen molar-refractivity contribution in [2.24, 2.45) is 0 Å². The van der Waals surface area contributed by atoms with Gasteiger partial charge >= 0.3 is 5.97 Å². The highest BCUT2D eigenvalue weighted by Crippen LogP contribution is 2.20. The summed E-state index contributed by atoms with van der Waals surface area (Å²) in [5.74, 6) is 0.709. The Balaban J connectivity index is 1.60. The molecule has 1 aromatic carbocycles. The molecule has 0 aliphatic rings. The number of imidazole rings is 1. The van der Waals surface area contributed by atoms with E-state index in [0.29, 0.717) is 23.1 Å². The minimum absolute atomic E-state index is 0.315. The average Bonchev–Trinajstić information content (AvgIpc) is 3.01. The number of rotatable bonds is 6. The van der Waals surface area contributed by atoms with E-state index in [-0.39, 0.29) is 0 Å². The number of aromatic nitrogens is 3. The third kappa shape index (κ3) is 3.80. The van der Waals surface area contributed by atoms with Crippen molar-refractivity contribution in [1.29, 1.82) is 0 Å². The van der Waals surface area contributed by atoms with Crippen LogP contribution in [-0.2, 0) is 4.74 Å². The molecule has 0 unspecified atom stereocenters. The predicted octanol–water partition coefficient (Wildman–Crippen LogP) is 3.60. The maximum atomic E-state index is 11.7. The van der Waals surface area contributed by atoms with Gasteiger partial charge in [0.15, 0.2) is 5.16 Å². The number of fused-ring (bicyclic) bond motifs is 1. The summed E-state index contributed by atoms with van der Waals surface area (Å²) in [6, 6.07) is 11.0. The molecule has 0 saturated heterocycles. The number of carbonyl (C=O) groups is 1. The Kier molecular flexibility index (Phi) is 5.22. The molecule has 8 heteroatoms.